The lowest BCUT2D eigenvalue weighted by atomic mass is 10.1. The average Bonchev–Trinajstić information content (AvgIpc) is 2.35. The molecule has 0 amide bonds. The molecular formula is C15H23NO2. The van der Waals surface area contributed by atoms with Gasteiger partial charge in [0, 0.05) is 5.69 Å². The fourth-order valence-electron chi connectivity index (χ4n) is 1.88. The largest absolute Gasteiger partial charge is 0.480 e. The summed E-state index contributed by atoms with van der Waals surface area (Å²) in [5, 5.41) is 12.3. The van der Waals surface area contributed by atoms with Gasteiger partial charge in [-0.25, -0.2) is 4.79 Å². The van der Waals surface area contributed by atoms with E-state index >= 15 is 0 Å². The van der Waals surface area contributed by atoms with Crippen molar-refractivity contribution in [1.29, 1.82) is 0 Å². The number of anilines is 1. The van der Waals surface area contributed by atoms with Crippen molar-refractivity contribution in [3.8, 4) is 0 Å². The summed E-state index contributed by atoms with van der Waals surface area (Å²) in [4.78, 5) is 11.2. The molecule has 1 rings (SSSR count). The van der Waals surface area contributed by atoms with E-state index < -0.39 is 12.0 Å². The summed E-state index contributed by atoms with van der Waals surface area (Å²) < 4.78 is 0. The van der Waals surface area contributed by atoms with Crippen molar-refractivity contribution in [2.45, 2.75) is 52.0 Å². The van der Waals surface area contributed by atoms with Gasteiger partial charge >= 0.3 is 5.97 Å². The van der Waals surface area contributed by atoms with Crippen LogP contribution in [0.15, 0.2) is 24.3 Å². The van der Waals surface area contributed by atoms with Crippen molar-refractivity contribution in [3.05, 3.63) is 29.8 Å². The summed E-state index contributed by atoms with van der Waals surface area (Å²) in [5.74, 6) is -0.771. The molecule has 0 aliphatic carbocycles. The van der Waals surface area contributed by atoms with Crippen LogP contribution in [0.4, 0.5) is 5.69 Å². The van der Waals surface area contributed by atoms with Gasteiger partial charge in [0.2, 0.25) is 0 Å². The molecule has 18 heavy (non-hydrogen) atoms. The summed E-state index contributed by atoms with van der Waals surface area (Å²) in [6.07, 6.45) is 5.10. The van der Waals surface area contributed by atoms with Crippen LogP contribution in [0.1, 0.15) is 44.6 Å². The Labute approximate surface area is 109 Å². The van der Waals surface area contributed by atoms with Crippen molar-refractivity contribution in [2.75, 3.05) is 5.32 Å². The highest BCUT2D eigenvalue weighted by atomic mass is 16.4. The van der Waals surface area contributed by atoms with E-state index in [1.807, 2.05) is 31.2 Å². The molecular weight excluding hydrogens is 226 g/mol. The van der Waals surface area contributed by atoms with E-state index in [1.54, 1.807) is 0 Å². The Kier molecular flexibility index (Phi) is 6.26. The first kappa shape index (κ1) is 14.6. The molecule has 3 nitrogen and oxygen atoms in total. The van der Waals surface area contributed by atoms with Crippen LogP contribution in [-0.2, 0) is 4.79 Å². The van der Waals surface area contributed by atoms with Gasteiger partial charge in [0.15, 0.2) is 0 Å². The van der Waals surface area contributed by atoms with Crippen LogP contribution in [-0.4, -0.2) is 17.1 Å². The first-order valence-corrected chi connectivity index (χ1v) is 6.69. The van der Waals surface area contributed by atoms with Crippen molar-refractivity contribution < 1.29 is 9.90 Å². The van der Waals surface area contributed by atoms with Gasteiger partial charge in [-0.2, -0.15) is 0 Å². The molecule has 0 heterocycles. The molecule has 1 unspecified atom stereocenters. The van der Waals surface area contributed by atoms with Crippen LogP contribution < -0.4 is 5.32 Å². The molecule has 0 spiro atoms. The molecule has 2 N–H and O–H groups in total. The first-order valence-electron chi connectivity index (χ1n) is 6.69. The third-order valence-electron chi connectivity index (χ3n) is 3.04. The second kappa shape index (κ2) is 7.75. The molecule has 0 aliphatic heterocycles. The Morgan fingerprint density at radius 2 is 1.89 bits per heavy atom. The second-order valence-electron chi connectivity index (χ2n) is 4.75. The number of carboxylic acid groups (broad SMARTS) is 1. The van der Waals surface area contributed by atoms with Crippen molar-refractivity contribution in [3.63, 3.8) is 0 Å². The zero-order chi connectivity index (χ0) is 13.4. The molecule has 0 aromatic heterocycles. The number of rotatable bonds is 8. The van der Waals surface area contributed by atoms with E-state index in [0.717, 1.165) is 18.5 Å². The maximum Gasteiger partial charge on any atom is 0.326 e. The van der Waals surface area contributed by atoms with Crippen LogP contribution in [0.5, 0.6) is 0 Å². The van der Waals surface area contributed by atoms with Gasteiger partial charge in [-0.1, -0.05) is 50.3 Å². The molecule has 0 bridgehead atoms. The van der Waals surface area contributed by atoms with E-state index in [-0.39, 0.29) is 0 Å². The van der Waals surface area contributed by atoms with Gasteiger partial charge in [0.05, 0.1) is 0 Å². The van der Waals surface area contributed by atoms with Crippen LogP contribution >= 0.6 is 0 Å². The summed E-state index contributed by atoms with van der Waals surface area (Å²) in [7, 11) is 0. The highest BCUT2D eigenvalue weighted by Crippen LogP contribution is 2.14. The standard InChI is InChI=1S/C15H23NO2/c1-3-4-5-6-7-14(15(17)18)16-13-10-8-12(2)9-11-13/h8-11,14,16H,3-7H2,1-2H3,(H,17,18). The second-order valence-corrected chi connectivity index (χ2v) is 4.75. The molecule has 1 atom stereocenters. The monoisotopic (exact) mass is 249 g/mol. The quantitative estimate of drug-likeness (QED) is 0.688. The molecule has 0 radical (unpaired) electrons. The Balaban J connectivity index is 2.47. The van der Waals surface area contributed by atoms with E-state index in [0.29, 0.717) is 6.42 Å². The number of hydrogen-bond acceptors (Lipinski definition) is 2. The Hall–Kier alpha value is -1.51. The lowest BCUT2D eigenvalue weighted by Crippen LogP contribution is -2.29. The SMILES string of the molecule is CCCCCCC(Nc1ccc(C)cc1)C(=O)O. The number of unbranched alkanes of at least 4 members (excludes halogenated alkanes) is 3. The Morgan fingerprint density at radius 3 is 2.44 bits per heavy atom. The van der Waals surface area contributed by atoms with Gasteiger partial charge in [-0.15, -0.1) is 0 Å². The maximum absolute atomic E-state index is 11.2. The van der Waals surface area contributed by atoms with Crippen LogP contribution in [0.25, 0.3) is 0 Å². The number of aliphatic carboxylic acids is 1. The highest BCUT2D eigenvalue weighted by molar-refractivity contribution is 5.77. The number of nitrogens with one attached hydrogen (secondary N) is 1. The first-order chi connectivity index (χ1) is 8.63. The minimum absolute atomic E-state index is 0.482. The summed E-state index contributed by atoms with van der Waals surface area (Å²) in [6, 6.07) is 7.34. The van der Waals surface area contributed by atoms with Crippen LogP contribution in [0.2, 0.25) is 0 Å². The molecule has 0 aliphatic rings. The normalized spacial score (nSPS) is 12.1. The molecule has 3 heteroatoms. The zero-order valence-electron chi connectivity index (χ0n) is 11.3. The third-order valence-corrected chi connectivity index (χ3v) is 3.04. The third kappa shape index (κ3) is 5.21. The predicted octanol–water partition coefficient (Wildman–Crippen LogP) is 3.83. The molecule has 100 valence electrons. The van der Waals surface area contributed by atoms with Gasteiger partial charge < -0.3 is 10.4 Å². The number of carboxylic acids is 1. The number of carbonyl (C=O) groups is 1. The zero-order valence-corrected chi connectivity index (χ0v) is 11.3. The minimum Gasteiger partial charge on any atom is -0.480 e. The van der Waals surface area contributed by atoms with Crippen LogP contribution in [0, 0.1) is 6.92 Å². The fraction of sp³-hybridized carbons (Fsp3) is 0.533. The van der Waals surface area contributed by atoms with Crippen molar-refractivity contribution in [1.82, 2.24) is 0 Å². The molecule has 0 saturated carbocycles. The number of hydrogen-bond donors (Lipinski definition) is 2. The maximum atomic E-state index is 11.2. The molecule has 0 fully saturated rings. The lowest BCUT2D eigenvalue weighted by molar-refractivity contribution is -0.138. The summed E-state index contributed by atoms with van der Waals surface area (Å²) >= 11 is 0. The molecule has 1 aromatic rings. The average molecular weight is 249 g/mol. The smallest absolute Gasteiger partial charge is 0.326 e. The van der Waals surface area contributed by atoms with Gasteiger partial charge in [-0.05, 0) is 25.5 Å². The van der Waals surface area contributed by atoms with E-state index in [9.17, 15) is 9.90 Å². The van der Waals surface area contributed by atoms with E-state index in [4.69, 9.17) is 0 Å². The fourth-order valence-corrected chi connectivity index (χ4v) is 1.88. The van der Waals surface area contributed by atoms with Crippen molar-refractivity contribution in [2.24, 2.45) is 0 Å². The number of aryl methyl sites for hydroxylation is 1. The predicted molar refractivity (Wildman–Crippen MR) is 75.0 cm³/mol. The number of benzene rings is 1. The Bertz CT molecular complexity index is 359. The Morgan fingerprint density at radius 1 is 1.22 bits per heavy atom. The summed E-state index contributed by atoms with van der Waals surface area (Å²) in [6.45, 7) is 4.17. The molecule has 0 saturated heterocycles. The topological polar surface area (TPSA) is 49.3 Å². The van der Waals surface area contributed by atoms with Gasteiger partial charge in [0.25, 0.3) is 0 Å². The van der Waals surface area contributed by atoms with E-state index in [2.05, 4.69) is 12.2 Å². The molecule has 1 aromatic carbocycles. The summed E-state index contributed by atoms with van der Waals surface area (Å²) in [5.41, 5.74) is 2.05. The van der Waals surface area contributed by atoms with Crippen LogP contribution in [0.3, 0.4) is 0 Å². The van der Waals surface area contributed by atoms with Gasteiger partial charge in [-0.3, -0.25) is 0 Å². The minimum atomic E-state index is -0.771. The van der Waals surface area contributed by atoms with E-state index in [1.165, 1.54) is 18.4 Å². The highest BCUT2D eigenvalue weighted by Gasteiger charge is 2.16. The van der Waals surface area contributed by atoms with Crippen molar-refractivity contribution >= 4 is 11.7 Å². The lowest BCUT2D eigenvalue weighted by Gasteiger charge is -2.15. The van der Waals surface area contributed by atoms with Gasteiger partial charge in [0.1, 0.15) is 6.04 Å².